The number of carbonyl (C=O) groups is 1. The van der Waals surface area contributed by atoms with Crippen molar-refractivity contribution < 1.29 is 4.79 Å². The molecule has 1 aromatic carbocycles. The largest absolute Gasteiger partial charge is 0.328 e. The van der Waals surface area contributed by atoms with E-state index in [2.05, 4.69) is 69.1 Å². The lowest BCUT2D eigenvalue weighted by atomic mass is 10.1. The van der Waals surface area contributed by atoms with Crippen LogP contribution < -0.4 is 0 Å². The van der Waals surface area contributed by atoms with Crippen LogP contribution in [-0.4, -0.2) is 25.2 Å². The van der Waals surface area contributed by atoms with Crippen molar-refractivity contribution in [3.63, 3.8) is 0 Å². The second-order valence-corrected chi connectivity index (χ2v) is 7.77. The van der Waals surface area contributed by atoms with Crippen molar-refractivity contribution in [1.29, 1.82) is 0 Å². The van der Waals surface area contributed by atoms with Crippen LogP contribution in [0.25, 0.3) is 16.6 Å². The number of rotatable bonds is 3. The average Bonchev–Trinajstić information content (AvgIpc) is 3.28. The third-order valence-electron chi connectivity index (χ3n) is 4.90. The number of carbonyl (C=O) groups excluding carboxylic acids is 1. The molecule has 0 aliphatic carbocycles. The van der Waals surface area contributed by atoms with Gasteiger partial charge in [-0.05, 0) is 63.5 Å². The number of pyridine rings is 2. The first-order chi connectivity index (χ1) is 13.2. The highest BCUT2D eigenvalue weighted by Crippen LogP contribution is 2.27. The highest BCUT2D eigenvalue weighted by molar-refractivity contribution is 14.1. The predicted molar refractivity (Wildman–Crippen MR) is 111 cm³/mol. The Morgan fingerprint density at radius 1 is 1.11 bits per heavy atom. The molecular formula is C21H15IN4O. The van der Waals surface area contributed by atoms with Crippen molar-refractivity contribution in [3.05, 3.63) is 87.8 Å². The van der Waals surface area contributed by atoms with E-state index in [0.717, 1.165) is 37.0 Å². The molecule has 0 spiro atoms. The molecule has 1 amide bonds. The summed E-state index contributed by atoms with van der Waals surface area (Å²) in [4.78, 5) is 22.9. The minimum Gasteiger partial charge on any atom is -0.328 e. The van der Waals surface area contributed by atoms with Crippen molar-refractivity contribution in [2.75, 3.05) is 0 Å². The molecule has 0 bridgehead atoms. The van der Waals surface area contributed by atoms with Crippen LogP contribution in [0.3, 0.4) is 0 Å². The molecule has 27 heavy (non-hydrogen) atoms. The van der Waals surface area contributed by atoms with Gasteiger partial charge in [-0.1, -0.05) is 18.2 Å². The lowest BCUT2D eigenvalue weighted by Gasteiger charge is -2.17. The Bertz CT molecular complexity index is 1180. The Morgan fingerprint density at radius 3 is 2.85 bits per heavy atom. The van der Waals surface area contributed by atoms with Crippen molar-refractivity contribution in [1.82, 2.24) is 19.3 Å². The molecule has 0 saturated carbocycles. The minimum atomic E-state index is 0.0588. The Hall–Kier alpha value is -2.74. The predicted octanol–water partition coefficient (Wildman–Crippen LogP) is 4.16. The molecule has 0 unspecified atom stereocenters. The fourth-order valence-corrected chi connectivity index (χ4v) is 4.15. The molecule has 5 rings (SSSR count). The van der Waals surface area contributed by atoms with Crippen molar-refractivity contribution >= 4 is 34.0 Å². The molecule has 1 aliphatic rings. The summed E-state index contributed by atoms with van der Waals surface area (Å²) in [5.41, 5.74) is 6.09. The number of aromatic nitrogens is 3. The molecule has 0 radical (unpaired) electrons. The summed E-state index contributed by atoms with van der Waals surface area (Å²) in [6, 6.07) is 14.2. The lowest BCUT2D eigenvalue weighted by molar-refractivity contribution is 0.0766. The second kappa shape index (κ2) is 6.45. The maximum Gasteiger partial charge on any atom is 0.256 e. The summed E-state index contributed by atoms with van der Waals surface area (Å²) < 4.78 is 3.16. The molecular weight excluding hydrogens is 451 g/mol. The minimum absolute atomic E-state index is 0.0588. The molecule has 132 valence electrons. The van der Waals surface area contributed by atoms with Gasteiger partial charge >= 0.3 is 0 Å². The van der Waals surface area contributed by atoms with Crippen molar-refractivity contribution in [3.8, 4) is 11.1 Å². The second-order valence-electron chi connectivity index (χ2n) is 6.61. The zero-order valence-corrected chi connectivity index (χ0v) is 16.5. The van der Waals surface area contributed by atoms with Crippen LogP contribution in [0.4, 0.5) is 0 Å². The maximum absolute atomic E-state index is 12.6. The topological polar surface area (TPSA) is 50.5 Å². The zero-order chi connectivity index (χ0) is 18.4. The van der Waals surface area contributed by atoms with E-state index in [1.165, 1.54) is 0 Å². The molecule has 4 aromatic rings. The molecule has 5 nitrogen and oxygen atoms in total. The standard InChI is InChI=1S/C21H15IN4O/c22-19-8-14(15-5-6-17-9-23-13-26(17)10-15)3-4-16(19)11-25-12-20-18(21(25)27)2-1-7-24-20/h1-10,13H,11-12H2. The number of nitrogens with zero attached hydrogens (tertiary/aromatic N) is 4. The number of fused-ring (bicyclic) bond motifs is 2. The van der Waals surface area contributed by atoms with Gasteiger partial charge in [-0.15, -0.1) is 0 Å². The molecule has 1 aliphatic heterocycles. The third-order valence-corrected chi connectivity index (χ3v) is 5.91. The van der Waals surface area contributed by atoms with Gasteiger partial charge in [0, 0.05) is 22.5 Å². The Kier molecular flexibility index (Phi) is 3.93. The fraction of sp³-hybridized carbons (Fsp3) is 0.0952. The smallest absolute Gasteiger partial charge is 0.256 e. The van der Waals surface area contributed by atoms with Crippen LogP contribution in [0.2, 0.25) is 0 Å². The van der Waals surface area contributed by atoms with Gasteiger partial charge in [0.15, 0.2) is 0 Å². The lowest BCUT2D eigenvalue weighted by Crippen LogP contribution is -2.23. The average molecular weight is 466 g/mol. The first-order valence-corrected chi connectivity index (χ1v) is 9.70. The first kappa shape index (κ1) is 16.4. The summed E-state index contributed by atoms with van der Waals surface area (Å²) >= 11 is 2.35. The van der Waals surface area contributed by atoms with E-state index >= 15 is 0 Å². The third kappa shape index (κ3) is 2.90. The van der Waals surface area contributed by atoms with Gasteiger partial charge in [0.2, 0.25) is 0 Å². The summed E-state index contributed by atoms with van der Waals surface area (Å²) in [5, 5.41) is 0. The molecule has 0 saturated heterocycles. The van der Waals surface area contributed by atoms with Crippen LogP contribution in [0, 0.1) is 3.57 Å². The quantitative estimate of drug-likeness (QED) is 0.427. The fourth-order valence-electron chi connectivity index (χ4n) is 3.46. The molecule has 0 N–H and O–H groups in total. The normalized spacial score (nSPS) is 13.4. The van der Waals surface area contributed by atoms with Crippen LogP contribution in [0.15, 0.2) is 67.4 Å². The first-order valence-electron chi connectivity index (χ1n) is 8.63. The van der Waals surface area contributed by atoms with Gasteiger partial charge in [-0.25, -0.2) is 4.98 Å². The van der Waals surface area contributed by atoms with Crippen molar-refractivity contribution in [2.45, 2.75) is 13.1 Å². The van der Waals surface area contributed by atoms with E-state index in [0.29, 0.717) is 13.1 Å². The van der Waals surface area contributed by atoms with E-state index in [9.17, 15) is 4.79 Å². The van der Waals surface area contributed by atoms with Gasteiger partial charge in [0.25, 0.3) is 5.91 Å². The van der Waals surface area contributed by atoms with Crippen molar-refractivity contribution in [2.24, 2.45) is 0 Å². The number of imidazole rings is 1. The molecule has 6 heteroatoms. The summed E-state index contributed by atoms with van der Waals surface area (Å²) in [6.45, 7) is 1.17. The van der Waals surface area contributed by atoms with Gasteiger partial charge in [-0.3, -0.25) is 9.78 Å². The highest BCUT2D eigenvalue weighted by atomic mass is 127. The monoisotopic (exact) mass is 466 g/mol. The van der Waals surface area contributed by atoms with Crippen LogP contribution in [-0.2, 0) is 13.1 Å². The highest BCUT2D eigenvalue weighted by Gasteiger charge is 2.28. The van der Waals surface area contributed by atoms with Gasteiger partial charge in [0.05, 0.1) is 35.8 Å². The van der Waals surface area contributed by atoms with Gasteiger partial charge < -0.3 is 9.30 Å². The number of hydrogen-bond donors (Lipinski definition) is 0. The number of benzene rings is 1. The van der Waals surface area contributed by atoms with E-state index < -0.39 is 0 Å². The summed E-state index contributed by atoms with van der Waals surface area (Å²) in [6.07, 6.45) is 7.48. The molecule has 0 atom stereocenters. The van der Waals surface area contributed by atoms with E-state index in [1.54, 1.807) is 6.20 Å². The van der Waals surface area contributed by atoms with E-state index in [1.807, 2.05) is 34.0 Å². The van der Waals surface area contributed by atoms with Crippen LogP contribution >= 0.6 is 22.6 Å². The zero-order valence-electron chi connectivity index (χ0n) is 14.3. The maximum atomic E-state index is 12.6. The summed E-state index contributed by atoms with van der Waals surface area (Å²) in [5.74, 6) is 0.0588. The van der Waals surface area contributed by atoms with Crippen LogP contribution in [0.5, 0.6) is 0 Å². The summed E-state index contributed by atoms with van der Waals surface area (Å²) in [7, 11) is 0. The Morgan fingerprint density at radius 2 is 2.00 bits per heavy atom. The Balaban J connectivity index is 1.41. The molecule has 3 aromatic heterocycles. The van der Waals surface area contributed by atoms with Gasteiger partial charge in [0.1, 0.15) is 0 Å². The van der Waals surface area contributed by atoms with Gasteiger partial charge in [-0.2, -0.15) is 0 Å². The number of hydrogen-bond acceptors (Lipinski definition) is 3. The SMILES string of the molecule is O=C1c2cccnc2CN1Cc1ccc(-c2ccc3cncn3c2)cc1I. The number of amides is 1. The van der Waals surface area contributed by atoms with Crippen LogP contribution in [0.1, 0.15) is 21.6 Å². The Labute approximate surface area is 169 Å². The van der Waals surface area contributed by atoms with E-state index in [-0.39, 0.29) is 5.91 Å². The molecule has 0 fully saturated rings. The number of halogens is 1. The molecule has 4 heterocycles. The van der Waals surface area contributed by atoms with E-state index in [4.69, 9.17) is 0 Å².